The molecule has 96 valence electrons. The lowest BCUT2D eigenvalue weighted by Gasteiger charge is -2.38. The Hall–Kier alpha value is 0.0569. The molecule has 0 aromatic heterocycles. The molecular formula is C11H24O4Si. The molecule has 1 aliphatic rings. The molecule has 5 heteroatoms. The van der Waals surface area contributed by atoms with Crippen molar-refractivity contribution >= 4 is 8.32 Å². The first-order valence-electron chi connectivity index (χ1n) is 5.77. The number of ether oxygens (including phenoxy) is 2. The highest BCUT2D eigenvalue weighted by atomic mass is 28.4. The van der Waals surface area contributed by atoms with E-state index in [9.17, 15) is 0 Å². The first-order chi connectivity index (χ1) is 7.22. The van der Waals surface area contributed by atoms with Crippen LogP contribution in [-0.4, -0.2) is 45.6 Å². The largest absolute Gasteiger partial charge is 0.414 e. The quantitative estimate of drug-likeness (QED) is 0.773. The second-order valence-electron chi connectivity index (χ2n) is 5.81. The summed E-state index contributed by atoms with van der Waals surface area (Å²) in [5, 5.41) is 9.32. The van der Waals surface area contributed by atoms with E-state index in [4.69, 9.17) is 19.0 Å². The zero-order valence-electron chi connectivity index (χ0n) is 10.9. The summed E-state index contributed by atoms with van der Waals surface area (Å²) in [6.07, 6.45) is -0.818. The minimum atomic E-state index is -1.70. The molecule has 0 bridgehead atoms. The third-order valence-electron chi connectivity index (χ3n) is 3.39. The molecule has 1 N–H and O–H groups in total. The van der Waals surface area contributed by atoms with Crippen molar-refractivity contribution in [2.45, 2.75) is 51.3 Å². The Kier molecular flexibility index (Phi) is 4.54. The second-order valence-corrected chi connectivity index (χ2v) is 10.6. The summed E-state index contributed by atoms with van der Waals surface area (Å²) in [7, 11) is -1.70. The van der Waals surface area contributed by atoms with Crippen LogP contribution in [0.25, 0.3) is 0 Å². The maximum atomic E-state index is 9.10. The van der Waals surface area contributed by atoms with Gasteiger partial charge in [0.05, 0.1) is 19.8 Å². The number of hydrogen-bond donors (Lipinski definition) is 1. The smallest absolute Gasteiger partial charge is 0.192 e. The predicted octanol–water partition coefficient (Wildman–Crippen LogP) is 1.74. The van der Waals surface area contributed by atoms with Crippen LogP contribution in [0.15, 0.2) is 0 Å². The maximum absolute atomic E-state index is 9.10. The van der Waals surface area contributed by atoms with Crippen LogP contribution in [0.1, 0.15) is 20.8 Å². The highest BCUT2D eigenvalue weighted by Crippen LogP contribution is 2.36. The van der Waals surface area contributed by atoms with E-state index in [1.54, 1.807) is 0 Å². The maximum Gasteiger partial charge on any atom is 0.192 e. The summed E-state index contributed by atoms with van der Waals surface area (Å²) < 4.78 is 16.5. The monoisotopic (exact) mass is 248 g/mol. The highest BCUT2D eigenvalue weighted by molar-refractivity contribution is 6.74. The van der Waals surface area contributed by atoms with Crippen LogP contribution in [0.2, 0.25) is 18.1 Å². The Morgan fingerprint density at radius 3 is 2.31 bits per heavy atom. The Morgan fingerprint density at radius 2 is 1.88 bits per heavy atom. The van der Waals surface area contributed by atoms with Gasteiger partial charge in [-0.2, -0.15) is 0 Å². The first kappa shape index (κ1) is 14.1. The fourth-order valence-electron chi connectivity index (χ4n) is 1.15. The van der Waals surface area contributed by atoms with E-state index >= 15 is 0 Å². The minimum absolute atomic E-state index is 0.0440. The van der Waals surface area contributed by atoms with Gasteiger partial charge in [0.2, 0.25) is 0 Å². The first-order valence-corrected chi connectivity index (χ1v) is 8.68. The zero-order valence-corrected chi connectivity index (χ0v) is 11.9. The van der Waals surface area contributed by atoms with E-state index in [0.29, 0.717) is 13.2 Å². The van der Waals surface area contributed by atoms with Crippen molar-refractivity contribution in [3.63, 3.8) is 0 Å². The van der Waals surface area contributed by atoms with Crippen molar-refractivity contribution in [2.75, 3.05) is 19.8 Å². The molecular weight excluding hydrogens is 224 g/mol. The van der Waals surface area contributed by atoms with Crippen molar-refractivity contribution in [3.8, 4) is 0 Å². The molecule has 0 saturated carbocycles. The standard InChI is InChI=1S/C11H24O4Si/c1-11(2,3)16(4,5)15-7-9-6-14-10(12)8-13-9/h9-10,12H,6-8H2,1-5H3. The van der Waals surface area contributed by atoms with Crippen molar-refractivity contribution in [3.05, 3.63) is 0 Å². The van der Waals surface area contributed by atoms with Crippen LogP contribution >= 0.6 is 0 Å². The molecule has 4 nitrogen and oxygen atoms in total. The molecule has 1 aliphatic heterocycles. The summed E-state index contributed by atoms with van der Waals surface area (Å²) >= 11 is 0. The third-order valence-corrected chi connectivity index (χ3v) is 7.89. The minimum Gasteiger partial charge on any atom is -0.414 e. The van der Waals surface area contributed by atoms with Gasteiger partial charge < -0.3 is 19.0 Å². The lowest BCUT2D eigenvalue weighted by Crippen LogP contribution is -2.45. The molecule has 1 heterocycles. The van der Waals surface area contributed by atoms with Crippen molar-refractivity contribution in [1.82, 2.24) is 0 Å². The van der Waals surface area contributed by atoms with Gasteiger partial charge in [0.15, 0.2) is 14.6 Å². The van der Waals surface area contributed by atoms with Crippen LogP contribution in [0.3, 0.4) is 0 Å². The molecule has 0 amide bonds. The van der Waals surface area contributed by atoms with E-state index in [1.165, 1.54) is 0 Å². The normalized spacial score (nSPS) is 28.1. The van der Waals surface area contributed by atoms with Gasteiger partial charge in [0, 0.05) is 0 Å². The van der Waals surface area contributed by atoms with Gasteiger partial charge in [-0.15, -0.1) is 0 Å². The van der Waals surface area contributed by atoms with Crippen LogP contribution in [0.5, 0.6) is 0 Å². The van der Waals surface area contributed by atoms with Crippen LogP contribution in [0, 0.1) is 0 Å². The van der Waals surface area contributed by atoms with Gasteiger partial charge in [0.25, 0.3) is 0 Å². The Morgan fingerprint density at radius 1 is 1.25 bits per heavy atom. The molecule has 0 radical (unpaired) electrons. The van der Waals surface area contributed by atoms with E-state index < -0.39 is 14.6 Å². The molecule has 0 aromatic rings. The third kappa shape index (κ3) is 3.82. The summed E-state index contributed by atoms with van der Waals surface area (Å²) in [5.74, 6) is 0. The number of aliphatic hydroxyl groups excluding tert-OH is 1. The van der Waals surface area contributed by atoms with Crippen molar-refractivity contribution in [1.29, 1.82) is 0 Å². The summed E-state index contributed by atoms with van der Waals surface area (Å²) in [5.41, 5.74) is 0. The van der Waals surface area contributed by atoms with Gasteiger partial charge in [-0.05, 0) is 18.1 Å². The van der Waals surface area contributed by atoms with Crippen molar-refractivity contribution in [2.24, 2.45) is 0 Å². The summed E-state index contributed by atoms with van der Waals surface area (Å²) in [4.78, 5) is 0. The number of rotatable bonds is 3. The van der Waals surface area contributed by atoms with Gasteiger partial charge in [-0.3, -0.25) is 0 Å². The topological polar surface area (TPSA) is 47.9 Å². The molecule has 2 atom stereocenters. The van der Waals surface area contributed by atoms with Gasteiger partial charge in [-0.1, -0.05) is 20.8 Å². The SMILES string of the molecule is CC(C)(C)[Si](C)(C)OCC1COC(O)CO1. The van der Waals surface area contributed by atoms with Gasteiger partial charge in [0.1, 0.15) is 6.10 Å². The summed E-state index contributed by atoms with van der Waals surface area (Å²) in [6, 6.07) is 0. The van der Waals surface area contributed by atoms with E-state index in [1.807, 2.05) is 0 Å². The van der Waals surface area contributed by atoms with E-state index in [0.717, 1.165) is 0 Å². The highest BCUT2D eigenvalue weighted by Gasteiger charge is 2.38. The van der Waals surface area contributed by atoms with Crippen LogP contribution < -0.4 is 0 Å². The molecule has 1 rings (SSSR count). The van der Waals surface area contributed by atoms with Crippen LogP contribution in [0.4, 0.5) is 0 Å². The second kappa shape index (κ2) is 5.14. The number of hydrogen-bond acceptors (Lipinski definition) is 4. The molecule has 1 fully saturated rings. The molecule has 0 aliphatic carbocycles. The fraction of sp³-hybridized carbons (Fsp3) is 1.00. The zero-order chi connectivity index (χ0) is 12.4. The molecule has 0 aromatic carbocycles. The fourth-order valence-corrected chi connectivity index (χ4v) is 2.18. The Labute approximate surface area is 99.0 Å². The molecule has 16 heavy (non-hydrogen) atoms. The summed E-state index contributed by atoms with van der Waals surface area (Å²) in [6.45, 7) is 12.3. The molecule has 0 spiro atoms. The average molecular weight is 248 g/mol. The van der Waals surface area contributed by atoms with E-state index in [2.05, 4.69) is 33.9 Å². The molecule has 2 unspecified atom stereocenters. The van der Waals surface area contributed by atoms with Gasteiger partial charge in [-0.25, -0.2) is 0 Å². The average Bonchev–Trinajstić information content (AvgIpc) is 2.15. The number of aliphatic hydroxyl groups is 1. The lowest BCUT2D eigenvalue weighted by molar-refractivity contribution is -0.217. The molecule has 1 saturated heterocycles. The Balaban J connectivity index is 2.34. The van der Waals surface area contributed by atoms with Gasteiger partial charge >= 0.3 is 0 Å². The van der Waals surface area contributed by atoms with Crippen LogP contribution in [-0.2, 0) is 13.9 Å². The lowest BCUT2D eigenvalue weighted by atomic mass is 10.2. The predicted molar refractivity (Wildman–Crippen MR) is 64.8 cm³/mol. The van der Waals surface area contributed by atoms with Crippen molar-refractivity contribution < 1.29 is 19.0 Å². The Bertz CT molecular complexity index is 217. The van der Waals surface area contributed by atoms with E-state index in [-0.39, 0.29) is 17.7 Å².